The van der Waals surface area contributed by atoms with E-state index in [-0.39, 0.29) is 18.4 Å². The quantitative estimate of drug-likeness (QED) is 0.572. The van der Waals surface area contributed by atoms with Crippen molar-refractivity contribution >= 4 is 34.9 Å². The van der Waals surface area contributed by atoms with Crippen LogP contribution in [-0.4, -0.2) is 11.9 Å². The maximum atomic E-state index is 12.5. The van der Waals surface area contributed by atoms with Gasteiger partial charge in [0, 0.05) is 16.3 Å². The van der Waals surface area contributed by atoms with Crippen molar-refractivity contribution in [2.45, 2.75) is 31.9 Å². The minimum atomic E-state index is -0.0854. The zero-order chi connectivity index (χ0) is 21.2. The average Bonchev–Trinajstić information content (AvgIpc) is 3.18. The van der Waals surface area contributed by atoms with E-state index >= 15 is 0 Å². The molecule has 0 radical (unpaired) electrons. The molecule has 1 unspecified atom stereocenters. The predicted octanol–water partition coefficient (Wildman–Crippen LogP) is 5.51. The molecular formula is C25H22ClN3O2. The molecule has 0 spiro atoms. The molecule has 0 saturated heterocycles. The third-order valence-electron chi connectivity index (χ3n) is 5.70. The number of benzene rings is 3. The molecule has 3 aromatic carbocycles. The molecule has 0 aromatic heterocycles. The zero-order valence-corrected chi connectivity index (χ0v) is 17.7. The number of aryl methyl sites for hydroxylation is 1. The highest BCUT2D eigenvalue weighted by atomic mass is 35.5. The molecule has 156 valence electrons. The molecular weight excluding hydrogens is 410 g/mol. The molecule has 0 fully saturated rings. The molecule has 0 bridgehead atoms. The molecule has 0 saturated carbocycles. The number of nitrogens with zero attached hydrogens (tertiary/aromatic N) is 1. The van der Waals surface area contributed by atoms with Crippen LogP contribution < -0.4 is 10.6 Å². The minimum Gasteiger partial charge on any atom is -0.460 e. The van der Waals surface area contributed by atoms with Crippen molar-refractivity contribution in [1.82, 2.24) is 0 Å². The molecule has 6 heteroatoms. The lowest BCUT2D eigenvalue weighted by atomic mass is 10.1. The Morgan fingerprint density at radius 3 is 2.81 bits per heavy atom. The van der Waals surface area contributed by atoms with Crippen molar-refractivity contribution in [2.75, 3.05) is 10.6 Å². The van der Waals surface area contributed by atoms with Crippen LogP contribution in [0, 0.1) is 0 Å². The van der Waals surface area contributed by atoms with Gasteiger partial charge < -0.3 is 15.4 Å². The number of fused-ring (bicyclic) bond motifs is 2. The Bertz CT molecular complexity index is 1160. The molecule has 1 aliphatic heterocycles. The summed E-state index contributed by atoms with van der Waals surface area (Å²) in [6.45, 7) is 0.354. The lowest BCUT2D eigenvalue weighted by Gasteiger charge is -2.24. The highest BCUT2D eigenvalue weighted by Gasteiger charge is 2.24. The molecule has 3 aromatic rings. The topological polar surface area (TPSA) is 62.7 Å². The zero-order valence-electron chi connectivity index (χ0n) is 16.9. The number of hydrogen-bond acceptors (Lipinski definition) is 3. The fourth-order valence-corrected chi connectivity index (χ4v) is 4.26. The van der Waals surface area contributed by atoms with E-state index < -0.39 is 0 Å². The summed E-state index contributed by atoms with van der Waals surface area (Å²) in [5.41, 5.74) is 6.10. The van der Waals surface area contributed by atoms with Crippen molar-refractivity contribution in [3.63, 3.8) is 0 Å². The van der Waals surface area contributed by atoms with Crippen LogP contribution in [0.25, 0.3) is 0 Å². The summed E-state index contributed by atoms with van der Waals surface area (Å²) in [7, 11) is 0. The first-order valence-electron chi connectivity index (χ1n) is 10.4. The van der Waals surface area contributed by atoms with E-state index in [9.17, 15) is 4.79 Å². The fourth-order valence-electron chi connectivity index (χ4n) is 4.13. The number of hydrogen-bond donors (Lipinski definition) is 2. The minimum absolute atomic E-state index is 0.0854. The van der Waals surface area contributed by atoms with Gasteiger partial charge in [0.15, 0.2) is 0 Å². The van der Waals surface area contributed by atoms with Gasteiger partial charge in [0.25, 0.3) is 6.02 Å². The second-order valence-electron chi connectivity index (χ2n) is 7.78. The van der Waals surface area contributed by atoms with Gasteiger partial charge in [0.05, 0.1) is 18.2 Å². The summed E-state index contributed by atoms with van der Waals surface area (Å²) in [4.78, 5) is 17.3. The van der Waals surface area contributed by atoms with Crippen LogP contribution in [0.4, 0.5) is 11.4 Å². The van der Waals surface area contributed by atoms with Gasteiger partial charge in [0.2, 0.25) is 5.91 Å². The maximum Gasteiger partial charge on any atom is 0.290 e. The SMILES string of the molecule is O=C(Cc1ccc(Cl)cc1)Nc1cccc2c1COC(=NC1CCc3ccccc31)N2. The van der Waals surface area contributed by atoms with Gasteiger partial charge >= 0.3 is 0 Å². The molecule has 1 aliphatic carbocycles. The number of anilines is 2. The van der Waals surface area contributed by atoms with E-state index in [1.165, 1.54) is 11.1 Å². The number of amidine groups is 1. The molecule has 5 rings (SSSR count). The fraction of sp³-hybridized carbons (Fsp3) is 0.200. The molecule has 1 atom stereocenters. The van der Waals surface area contributed by atoms with E-state index in [4.69, 9.17) is 21.3 Å². The summed E-state index contributed by atoms with van der Waals surface area (Å²) in [6, 6.07) is 22.1. The lowest BCUT2D eigenvalue weighted by molar-refractivity contribution is -0.115. The van der Waals surface area contributed by atoms with Gasteiger partial charge in [-0.1, -0.05) is 54.1 Å². The van der Waals surface area contributed by atoms with Crippen LogP contribution in [0.1, 0.15) is 34.7 Å². The Morgan fingerprint density at radius 2 is 1.94 bits per heavy atom. The first-order valence-corrected chi connectivity index (χ1v) is 10.7. The number of rotatable bonds is 4. The number of carbonyl (C=O) groups excluding carboxylic acids is 1. The van der Waals surface area contributed by atoms with Crippen LogP contribution in [0.3, 0.4) is 0 Å². The first kappa shape index (κ1) is 19.6. The number of aliphatic imine (C=N–C) groups is 1. The average molecular weight is 432 g/mol. The van der Waals surface area contributed by atoms with Crippen molar-refractivity contribution < 1.29 is 9.53 Å². The molecule has 31 heavy (non-hydrogen) atoms. The van der Waals surface area contributed by atoms with Crippen LogP contribution in [0.5, 0.6) is 0 Å². The smallest absolute Gasteiger partial charge is 0.290 e. The Morgan fingerprint density at radius 1 is 1.10 bits per heavy atom. The Balaban J connectivity index is 1.29. The van der Waals surface area contributed by atoms with Crippen LogP contribution >= 0.6 is 11.6 Å². The summed E-state index contributed by atoms with van der Waals surface area (Å²) in [5, 5.41) is 6.94. The molecule has 1 amide bonds. The van der Waals surface area contributed by atoms with Gasteiger partial charge in [-0.05, 0) is 53.8 Å². The Labute approximate surface area is 186 Å². The maximum absolute atomic E-state index is 12.5. The Kier molecular flexibility index (Phi) is 5.35. The second kappa shape index (κ2) is 8.44. The third-order valence-corrected chi connectivity index (χ3v) is 5.95. The van der Waals surface area contributed by atoms with Gasteiger partial charge in [-0.15, -0.1) is 0 Å². The second-order valence-corrected chi connectivity index (χ2v) is 8.22. The number of halogens is 1. The van der Waals surface area contributed by atoms with Crippen LogP contribution in [0.2, 0.25) is 5.02 Å². The summed E-state index contributed by atoms with van der Waals surface area (Å²) in [5.74, 6) is -0.0854. The highest BCUT2D eigenvalue weighted by Crippen LogP contribution is 2.35. The van der Waals surface area contributed by atoms with E-state index in [0.29, 0.717) is 17.7 Å². The summed E-state index contributed by atoms with van der Waals surface area (Å²) >= 11 is 5.92. The van der Waals surface area contributed by atoms with E-state index in [0.717, 1.165) is 35.3 Å². The van der Waals surface area contributed by atoms with Gasteiger partial charge in [-0.2, -0.15) is 0 Å². The van der Waals surface area contributed by atoms with Crippen LogP contribution in [0.15, 0.2) is 71.7 Å². The van der Waals surface area contributed by atoms with Crippen molar-refractivity contribution in [2.24, 2.45) is 4.99 Å². The van der Waals surface area contributed by atoms with E-state index in [2.05, 4.69) is 34.9 Å². The van der Waals surface area contributed by atoms with Crippen LogP contribution in [-0.2, 0) is 29.0 Å². The monoisotopic (exact) mass is 431 g/mol. The normalized spacial score (nSPS) is 18.0. The van der Waals surface area contributed by atoms with Crippen molar-refractivity contribution in [1.29, 1.82) is 0 Å². The van der Waals surface area contributed by atoms with E-state index in [1.54, 1.807) is 12.1 Å². The van der Waals surface area contributed by atoms with E-state index in [1.807, 2.05) is 30.3 Å². The molecule has 5 nitrogen and oxygen atoms in total. The summed E-state index contributed by atoms with van der Waals surface area (Å²) < 4.78 is 5.91. The van der Waals surface area contributed by atoms with Crippen molar-refractivity contribution in [3.05, 3.63) is 94.0 Å². The summed E-state index contributed by atoms with van der Waals surface area (Å²) in [6.07, 6.45) is 2.31. The van der Waals surface area contributed by atoms with Gasteiger partial charge in [0.1, 0.15) is 6.61 Å². The lowest BCUT2D eigenvalue weighted by Crippen LogP contribution is -2.25. The Hall–Kier alpha value is -3.31. The first-order chi connectivity index (χ1) is 15.2. The standard InChI is InChI=1S/C25H22ClN3O2/c26-18-11-8-16(9-12-18)14-24(30)27-21-6-3-7-22-20(21)15-31-25(28-22)29-23-13-10-17-4-1-2-5-19(17)23/h1-9,11-12,23H,10,13-15H2,(H,27,30)(H,28,29). The number of amides is 1. The predicted molar refractivity (Wildman–Crippen MR) is 124 cm³/mol. The molecule has 2 N–H and O–H groups in total. The number of carbonyl (C=O) groups is 1. The van der Waals surface area contributed by atoms with Gasteiger partial charge in [-0.25, -0.2) is 4.99 Å². The largest absolute Gasteiger partial charge is 0.460 e. The highest BCUT2D eigenvalue weighted by molar-refractivity contribution is 6.30. The van der Waals surface area contributed by atoms with Gasteiger partial charge in [-0.3, -0.25) is 4.79 Å². The number of nitrogens with one attached hydrogen (secondary N) is 2. The third kappa shape index (κ3) is 4.28. The molecule has 2 aliphatic rings. The van der Waals surface area contributed by atoms with Crippen molar-refractivity contribution in [3.8, 4) is 0 Å². The number of ether oxygens (including phenoxy) is 1. The molecule has 1 heterocycles.